The van der Waals surface area contributed by atoms with Gasteiger partial charge in [-0.3, -0.25) is 4.79 Å². The Kier molecular flexibility index (Phi) is 8.03. The maximum Gasteiger partial charge on any atom is 0.328 e. The van der Waals surface area contributed by atoms with Crippen LogP contribution in [0.2, 0.25) is 0 Å². The quantitative estimate of drug-likeness (QED) is 0.394. The summed E-state index contributed by atoms with van der Waals surface area (Å²) in [5, 5.41) is 5.02. The number of hydrogen-bond acceptors (Lipinski definition) is 5. The maximum absolute atomic E-state index is 12.4. The second-order valence-corrected chi connectivity index (χ2v) is 8.72. The first-order valence-electron chi connectivity index (χ1n) is 8.76. The third-order valence-electron chi connectivity index (χ3n) is 3.80. The Bertz CT molecular complexity index is 964. The van der Waals surface area contributed by atoms with Crippen LogP contribution in [0, 0.1) is 0 Å². The lowest BCUT2D eigenvalue weighted by Gasteiger charge is -2.14. The molecule has 0 saturated heterocycles. The molecule has 156 valence electrons. The summed E-state index contributed by atoms with van der Waals surface area (Å²) in [5.74, 6) is 0.357. The first-order valence-corrected chi connectivity index (χ1v) is 11.2. The van der Waals surface area contributed by atoms with Crippen LogP contribution >= 0.6 is 15.9 Å². The monoisotopic (exact) mass is 483 g/mol. The van der Waals surface area contributed by atoms with E-state index in [1.807, 2.05) is 11.6 Å². The fourth-order valence-corrected chi connectivity index (χ4v) is 3.95. The molecule has 8 nitrogen and oxygen atoms in total. The highest BCUT2D eigenvalue weighted by Gasteiger charge is 2.17. The number of ether oxygens (including phenoxy) is 1. The zero-order valence-electron chi connectivity index (χ0n) is 15.9. The van der Waals surface area contributed by atoms with Crippen molar-refractivity contribution in [3.63, 3.8) is 0 Å². The van der Waals surface area contributed by atoms with Gasteiger partial charge in [0.25, 0.3) is 15.9 Å². The van der Waals surface area contributed by atoms with E-state index in [4.69, 9.17) is 4.74 Å². The molecule has 2 aromatic rings. The van der Waals surface area contributed by atoms with E-state index in [-0.39, 0.29) is 15.8 Å². The summed E-state index contributed by atoms with van der Waals surface area (Å²) in [5.41, 5.74) is 1.27. The second-order valence-electron chi connectivity index (χ2n) is 5.93. The smallest absolute Gasteiger partial charge is 0.328 e. The van der Waals surface area contributed by atoms with Crippen molar-refractivity contribution >= 4 is 37.9 Å². The summed E-state index contributed by atoms with van der Waals surface area (Å²) in [4.78, 5) is 23.2. The molecule has 0 aliphatic rings. The summed E-state index contributed by atoms with van der Waals surface area (Å²) < 4.78 is 31.4. The van der Waals surface area contributed by atoms with Gasteiger partial charge >= 0.3 is 6.03 Å². The molecule has 3 N–H and O–H groups in total. The molecule has 0 fully saturated rings. The number of benzene rings is 2. The lowest BCUT2D eigenvalue weighted by Crippen LogP contribution is -2.37. The van der Waals surface area contributed by atoms with Crippen molar-refractivity contribution in [1.29, 1.82) is 0 Å². The van der Waals surface area contributed by atoms with Gasteiger partial charge in [-0.25, -0.2) is 17.9 Å². The number of urea groups is 1. The van der Waals surface area contributed by atoms with Gasteiger partial charge < -0.3 is 15.4 Å². The number of carbonyl (C=O) groups is 2. The van der Waals surface area contributed by atoms with Gasteiger partial charge in [0.2, 0.25) is 0 Å². The highest BCUT2D eigenvalue weighted by molar-refractivity contribution is 9.09. The van der Waals surface area contributed by atoms with Gasteiger partial charge in [-0.2, -0.15) is 0 Å². The van der Waals surface area contributed by atoms with Gasteiger partial charge in [0.05, 0.1) is 16.5 Å². The van der Waals surface area contributed by atoms with Crippen LogP contribution in [0.25, 0.3) is 0 Å². The maximum atomic E-state index is 12.4. The molecule has 0 saturated carbocycles. The van der Waals surface area contributed by atoms with E-state index in [9.17, 15) is 18.0 Å². The van der Waals surface area contributed by atoms with Crippen molar-refractivity contribution in [1.82, 2.24) is 15.4 Å². The van der Waals surface area contributed by atoms with E-state index in [0.29, 0.717) is 24.3 Å². The summed E-state index contributed by atoms with van der Waals surface area (Å²) in [6.45, 7) is 2.38. The molecule has 0 heterocycles. The Hall–Kier alpha value is -2.59. The molecule has 2 rings (SSSR count). The summed E-state index contributed by atoms with van der Waals surface area (Å²) in [6, 6.07) is 12.1. The topological polar surface area (TPSA) is 114 Å². The molecule has 0 aliphatic carbocycles. The standard InChI is InChI=1S/C19H22BrN3O5S/c1-3-28-15-6-4-5-14(12-15)18(24)22-17(20)11-13-7-9-16(10-8-13)29(26,27)23-19(25)21-2/h4-10,12,17H,3,11H2,1-2H3,(H,22,24)(H2,21,23,25). The number of sulfonamides is 1. The molecule has 2 aromatic carbocycles. The van der Waals surface area contributed by atoms with E-state index in [2.05, 4.69) is 26.6 Å². The van der Waals surface area contributed by atoms with Crippen LogP contribution in [0.15, 0.2) is 53.4 Å². The Morgan fingerprint density at radius 1 is 1.14 bits per heavy atom. The highest BCUT2D eigenvalue weighted by Crippen LogP contribution is 2.16. The second kappa shape index (κ2) is 10.3. The average Bonchev–Trinajstić information content (AvgIpc) is 2.68. The Labute approximate surface area is 178 Å². The molecule has 1 atom stereocenters. The van der Waals surface area contributed by atoms with E-state index in [0.717, 1.165) is 5.56 Å². The van der Waals surface area contributed by atoms with Crippen LogP contribution in [-0.2, 0) is 16.4 Å². The normalized spacial score (nSPS) is 12.0. The lowest BCUT2D eigenvalue weighted by atomic mass is 10.1. The number of rotatable bonds is 8. The van der Waals surface area contributed by atoms with Crippen LogP contribution in [0.1, 0.15) is 22.8 Å². The molecule has 0 bridgehead atoms. The lowest BCUT2D eigenvalue weighted by molar-refractivity contribution is 0.0950. The third-order valence-corrected chi connectivity index (χ3v) is 5.70. The van der Waals surface area contributed by atoms with Crippen LogP contribution in [0.3, 0.4) is 0 Å². The predicted molar refractivity (Wildman–Crippen MR) is 113 cm³/mol. The van der Waals surface area contributed by atoms with Crippen LogP contribution < -0.4 is 20.1 Å². The Balaban J connectivity index is 1.98. The van der Waals surface area contributed by atoms with Crippen molar-refractivity contribution in [2.75, 3.05) is 13.7 Å². The van der Waals surface area contributed by atoms with Crippen LogP contribution in [-0.4, -0.2) is 39.0 Å². The molecular formula is C19H22BrN3O5S. The van der Waals surface area contributed by atoms with Gasteiger partial charge in [-0.1, -0.05) is 34.1 Å². The van der Waals surface area contributed by atoms with Crippen LogP contribution in [0.4, 0.5) is 4.79 Å². The van der Waals surface area contributed by atoms with Gasteiger partial charge in [0.1, 0.15) is 5.75 Å². The van der Waals surface area contributed by atoms with Crippen LogP contribution in [0.5, 0.6) is 5.75 Å². The molecule has 29 heavy (non-hydrogen) atoms. The van der Waals surface area contributed by atoms with Gasteiger partial charge in [0.15, 0.2) is 0 Å². The highest BCUT2D eigenvalue weighted by atomic mass is 79.9. The minimum Gasteiger partial charge on any atom is -0.494 e. The summed E-state index contributed by atoms with van der Waals surface area (Å²) in [7, 11) is -2.61. The average molecular weight is 484 g/mol. The SMILES string of the molecule is CCOc1cccc(C(=O)NC(Br)Cc2ccc(S(=O)(=O)NC(=O)NC)cc2)c1. The molecular weight excluding hydrogens is 462 g/mol. The molecule has 0 spiro atoms. The zero-order chi connectivity index (χ0) is 21.4. The number of amides is 3. The van der Waals surface area contributed by atoms with Gasteiger partial charge in [0, 0.05) is 19.0 Å². The molecule has 0 radical (unpaired) electrons. The van der Waals surface area contributed by atoms with Gasteiger partial charge in [-0.05, 0) is 42.8 Å². The summed E-state index contributed by atoms with van der Waals surface area (Å²) >= 11 is 3.42. The summed E-state index contributed by atoms with van der Waals surface area (Å²) in [6.07, 6.45) is 0.431. The molecule has 1 unspecified atom stereocenters. The minimum atomic E-state index is -3.94. The molecule has 0 aromatic heterocycles. The zero-order valence-corrected chi connectivity index (χ0v) is 18.3. The fraction of sp³-hybridized carbons (Fsp3) is 0.263. The number of alkyl halides is 1. The van der Waals surface area contributed by atoms with E-state index < -0.39 is 16.1 Å². The number of carbonyl (C=O) groups excluding carboxylic acids is 2. The van der Waals surface area contributed by atoms with Crippen molar-refractivity contribution in [3.8, 4) is 5.75 Å². The predicted octanol–water partition coefficient (Wildman–Crippen LogP) is 2.40. The Morgan fingerprint density at radius 2 is 1.83 bits per heavy atom. The number of nitrogens with one attached hydrogen (secondary N) is 3. The van der Waals surface area contributed by atoms with E-state index in [1.165, 1.54) is 19.2 Å². The third kappa shape index (κ3) is 6.75. The first-order chi connectivity index (χ1) is 13.7. The molecule has 0 aliphatic heterocycles. The van der Waals surface area contributed by atoms with E-state index in [1.54, 1.807) is 36.4 Å². The van der Waals surface area contributed by atoms with Crippen molar-refractivity contribution in [3.05, 3.63) is 59.7 Å². The van der Waals surface area contributed by atoms with Crippen molar-refractivity contribution in [2.24, 2.45) is 0 Å². The van der Waals surface area contributed by atoms with Gasteiger partial charge in [-0.15, -0.1) is 0 Å². The number of halogens is 1. The van der Waals surface area contributed by atoms with E-state index >= 15 is 0 Å². The number of hydrogen-bond donors (Lipinski definition) is 3. The fourth-order valence-electron chi connectivity index (χ4n) is 2.41. The largest absolute Gasteiger partial charge is 0.494 e. The Morgan fingerprint density at radius 3 is 2.45 bits per heavy atom. The van der Waals surface area contributed by atoms with Crippen molar-refractivity contribution in [2.45, 2.75) is 23.2 Å². The van der Waals surface area contributed by atoms with Crippen molar-refractivity contribution < 1.29 is 22.7 Å². The molecule has 10 heteroatoms. The first kappa shape index (κ1) is 22.7. The minimum absolute atomic E-state index is 0.0345. The molecule has 3 amide bonds.